The fourth-order valence-electron chi connectivity index (χ4n) is 3.60. The molecule has 0 fully saturated rings. The Hall–Kier alpha value is -0.600. The molecule has 22 heavy (non-hydrogen) atoms. The van der Waals surface area contributed by atoms with Crippen LogP contribution >= 0.6 is 31.9 Å². The number of hydrogen-bond acceptors (Lipinski definition) is 0. The summed E-state index contributed by atoms with van der Waals surface area (Å²) in [6.07, 6.45) is 3.62. The average molecular weight is 424 g/mol. The van der Waals surface area contributed by atoms with Crippen LogP contribution in [0.3, 0.4) is 0 Å². The fraction of sp³-hybridized carbons (Fsp3) is 0.400. The molecule has 0 aliphatic heterocycles. The standard InChI is InChI=1S/C20H24Br2/c1-4-10-15(5-2)20(3,16-11-6-8-13-18(16)21)17-12-7-9-14-19(17)22/h6-9,11-15H,4-5,10H2,1-3H3. The van der Waals surface area contributed by atoms with E-state index in [1.54, 1.807) is 0 Å². The largest absolute Gasteiger partial charge is 0.0654 e. The minimum atomic E-state index is -0.00898. The molecule has 0 N–H and O–H groups in total. The van der Waals surface area contributed by atoms with Gasteiger partial charge >= 0.3 is 0 Å². The van der Waals surface area contributed by atoms with Crippen molar-refractivity contribution in [1.82, 2.24) is 0 Å². The molecule has 2 heteroatoms. The van der Waals surface area contributed by atoms with E-state index in [9.17, 15) is 0 Å². The maximum absolute atomic E-state index is 3.79. The first-order valence-electron chi connectivity index (χ1n) is 8.05. The smallest absolute Gasteiger partial charge is 0.0225 e. The van der Waals surface area contributed by atoms with Crippen LogP contribution in [0.1, 0.15) is 51.2 Å². The lowest BCUT2D eigenvalue weighted by atomic mass is 9.65. The Bertz CT molecular complexity index is 573. The van der Waals surface area contributed by atoms with Gasteiger partial charge in [0.1, 0.15) is 0 Å². The van der Waals surface area contributed by atoms with Crippen LogP contribution < -0.4 is 0 Å². The molecule has 0 amide bonds. The second kappa shape index (κ2) is 7.79. The van der Waals surface area contributed by atoms with E-state index in [4.69, 9.17) is 0 Å². The van der Waals surface area contributed by atoms with Crippen molar-refractivity contribution in [3.63, 3.8) is 0 Å². The minimum Gasteiger partial charge on any atom is -0.0654 e. The molecule has 0 aromatic heterocycles. The Morgan fingerprint density at radius 2 is 1.32 bits per heavy atom. The number of hydrogen-bond donors (Lipinski definition) is 0. The van der Waals surface area contributed by atoms with Gasteiger partial charge in [-0.3, -0.25) is 0 Å². The monoisotopic (exact) mass is 422 g/mol. The van der Waals surface area contributed by atoms with E-state index < -0.39 is 0 Å². The van der Waals surface area contributed by atoms with E-state index in [-0.39, 0.29) is 5.41 Å². The Morgan fingerprint density at radius 3 is 1.68 bits per heavy atom. The van der Waals surface area contributed by atoms with Crippen LogP contribution in [0.25, 0.3) is 0 Å². The quantitative estimate of drug-likeness (QED) is 0.455. The van der Waals surface area contributed by atoms with E-state index in [1.807, 2.05) is 0 Å². The molecule has 0 nitrogen and oxygen atoms in total. The zero-order valence-corrected chi connectivity index (χ0v) is 16.7. The molecule has 0 spiro atoms. The van der Waals surface area contributed by atoms with Crippen molar-refractivity contribution < 1.29 is 0 Å². The van der Waals surface area contributed by atoms with Crippen molar-refractivity contribution >= 4 is 31.9 Å². The van der Waals surface area contributed by atoms with Gasteiger partial charge in [-0.15, -0.1) is 0 Å². The highest BCUT2D eigenvalue weighted by atomic mass is 79.9. The molecule has 1 unspecified atom stereocenters. The predicted molar refractivity (Wildman–Crippen MR) is 103 cm³/mol. The van der Waals surface area contributed by atoms with Gasteiger partial charge in [0.25, 0.3) is 0 Å². The molecular weight excluding hydrogens is 400 g/mol. The summed E-state index contributed by atoms with van der Waals surface area (Å²) in [6.45, 7) is 6.99. The minimum absolute atomic E-state index is 0.00898. The van der Waals surface area contributed by atoms with Crippen molar-refractivity contribution in [3.05, 3.63) is 68.6 Å². The molecule has 0 aliphatic carbocycles. The normalized spacial score (nSPS) is 13.1. The van der Waals surface area contributed by atoms with Crippen LogP contribution in [0.5, 0.6) is 0 Å². The zero-order chi connectivity index (χ0) is 16.2. The molecule has 0 saturated heterocycles. The van der Waals surface area contributed by atoms with E-state index >= 15 is 0 Å². The number of benzene rings is 2. The maximum atomic E-state index is 3.79. The Balaban J connectivity index is 2.69. The molecule has 0 bridgehead atoms. The molecule has 1 atom stereocenters. The predicted octanol–water partition coefficient (Wildman–Crippen LogP) is 7.34. The third kappa shape index (κ3) is 3.33. The highest BCUT2D eigenvalue weighted by molar-refractivity contribution is 9.10. The van der Waals surface area contributed by atoms with Crippen LogP contribution in [-0.2, 0) is 5.41 Å². The molecule has 2 rings (SSSR count). The summed E-state index contributed by atoms with van der Waals surface area (Å²) in [7, 11) is 0. The Morgan fingerprint density at radius 1 is 0.864 bits per heavy atom. The molecular formula is C20H24Br2. The van der Waals surface area contributed by atoms with Crippen molar-refractivity contribution in [1.29, 1.82) is 0 Å². The fourth-order valence-corrected chi connectivity index (χ4v) is 4.99. The van der Waals surface area contributed by atoms with Crippen molar-refractivity contribution in [2.24, 2.45) is 5.92 Å². The summed E-state index contributed by atoms with van der Waals surface area (Å²) < 4.78 is 2.39. The van der Waals surface area contributed by atoms with Gasteiger partial charge in [-0.2, -0.15) is 0 Å². The third-order valence-electron chi connectivity index (χ3n) is 4.81. The first-order valence-corrected chi connectivity index (χ1v) is 9.64. The van der Waals surface area contributed by atoms with E-state index in [1.165, 1.54) is 39.3 Å². The summed E-state index contributed by atoms with van der Waals surface area (Å²) in [4.78, 5) is 0. The molecule has 0 radical (unpaired) electrons. The number of rotatable bonds is 6. The highest BCUT2D eigenvalue weighted by Gasteiger charge is 2.38. The molecule has 0 saturated carbocycles. The van der Waals surface area contributed by atoms with Gasteiger partial charge < -0.3 is 0 Å². The van der Waals surface area contributed by atoms with Crippen molar-refractivity contribution in [2.75, 3.05) is 0 Å². The molecule has 0 aliphatic rings. The average Bonchev–Trinajstić information content (AvgIpc) is 2.53. The van der Waals surface area contributed by atoms with E-state index in [2.05, 4.69) is 101 Å². The van der Waals surface area contributed by atoms with Gasteiger partial charge in [0, 0.05) is 14.4 Å². The summed E-state index contributed by atoms with van der Waals surface area (Å²) in [6, 6.07) is 17.3. The zero-order valence-electron chi connectivity index (χ0n) is 13.6. The summed E-state index contributed by atoms with van der Waals surface area (Å²) in [5.74, 6) is 0.606. The van der Waals surface area contributed by atoms with Crippen LogP contribution in [0.15, 0.2) is 57.5 Å². The molecule has 2 aromatic rings. The second-order valence-corrected chi connectivity index (χ2v) is 7.76. The molecule has 2 aromatic carbocycles. The van der Waals surface area contributed by atoms with Crippen LogP contribution in [0.2, 0.25) is 0 Å². The summed E-state index contributed by atoms with van der Waals surface area (Å²) >= 11 is 7.57. The van der Waals surface area contributed by atoms with Gasteiger partial charge in [-0.25, -0.2) is 0 Å². The summed E-state index contributed by atoms with van der Waals surface area (Å²) in [5.41, 5.74) is 2.75. The first kappa shape index (κ1) is 17.7. The Labute approximate surface area is 151 Å². The van der Waals surface area contributed by atoms with Gasteiger partial charge in [0.05, 0.1) is 0 Å². The SMILES string of the molecule is CCCC(CC)C(C)(c1ccccc1Br)c1ccccc1Br. The van der Waals surface area contributed by atoms with Crippen molar-refractivity contribution in [3.8, 4) is 0 Å². The molecule has 118 valence electrons. The third-order valence-corrected chi connectivity index (χ3v) is 6.20. The lowest BCUT2D eigenvalue weighted by Gasteiger charge is -2.40. The van der Waals surface area contributed by atoms with Gasteiger partial charge in [-0.1, -0.05) is 102 Å². The van der Waals surface area contributed by atoms with Gasteiger partial charge in [0.2, 0.25) is 0 Å². The topological polar surface area (TPSA) is 0 Å². The van der Waals surface area contributed by atoms with E-state index in [0.29, 0.717) is 5.92 Å². The van der Waals surface area contributed by atoms with Gasteiger partial charge in [0.15, 0.2) is 0 Å². The maximum Gasteiger partial charge on any atom is 0.0225 e. The highest BCUT2D eigenvalue weighted by Crippen LogP contribution is 2.47. The second-order valence-electron chi connectivity index (χ2n) is 6.06. The van der Waals surface area contributed by atoms with Crippen LogP contribution in [-0.4, -0.2) is 0 Å². The first-order chi connectivity index (χ1) is 10.6. The van der Waals surface area contributed by atoms with E-state index in [0.717, 1.165) is 0 Å². The molecule has 0 heterocycles. The van der Waals surface area contributed by atoms with Crippen LogP contribution in [0.4, 0.5) is 0 Å². The number of halogens is 2. The van der Waals surface area contributed by atoms with Crippen molar-refractivity contribution in [2.45, 2.75) is 45.4 Å². The lowest BCUT2D eigenvalue weighted by molar-refractivity contribution is 0.309. The summed E-state index contributed by atoms with van der Waals surface area (Å²) in [5, 5.41) is 0. The Kier molecular flexibility index (Phi) is 6.28. The van der Waals surface area contributed by atoms with Crippen LogP contribution in [0, 0.1) is 5.92 Å². The van der Waals surface area contributed by atoms with Gasteiger partial charge in [-0.05, 0) is 35.6 Å². The lowest BCUT2D eigenvalue weighted by Crippen LogP contribution is -2.34.